The lowest BCUT2D eigenvalue weighted by molar-refractivity contribution is 0.305. The summed E-state index contributed by atoms with van der Waals surface area (Å²) in [5.74, 6) is 1.78. The van der Waals surface area contributed by atoms with Gasteiger partial charge in [0.1, 0.15) is 0 Å². The summed E-state index contributed by atoms with van der Waals surface area (Å²) in [4.78, 5) is 2.13. The molecule has 0 radical (unpaired) electrons. The van der Waals surface area contributed by atoms with Crippen molar-refractivity contribution >= 4 is 23.4 Å². The van der Waals surface area contributed by atoms with Crippen LogP contribution >= 0.6 is 23.4 Å². The maximum atomic E-state index is 6.07. The predicted octanol–water partition coefficient (Wildman–Crippen LogP) is 5.14. The molecule has 0 aliphatic carbocycles. The first-order chi connectivity index (χ1) is 12.5. The van der Waals surface area contributed by atoms with Crippen LogP contribution < -0.4 is 0 Å². The number of benzene rings is 2. The van der Waals surface area contributed by atoms with Crippen molar-refractivity contribution in [2.75, 3.05) is 14.1 Å². The number of aryl methyl sites for hydroxylation is 1. The normalized spacial score (nSPS) is 12.5. The Morgan fingerprint density at radius 2 is 1.77 bits per heavy atom. The van der Waals surface area contributed by atoms with Crippen LogP contribution in [0, 0.1) is 6.92 Å². The number of hydrogen-bond acceptors (Lipinski definition) is 4. The van der Waals surface area contributed by atoms with Gasteiger partial charge < -0.3 is 0 Å². The number of halogens is 1. The molecule has 1 atom stereocenters. The van der Waals surface area contributed by atoms with Crippen molar-refractivity contribution in [3.63, 3.8) is 0 Å². The first kappa shape index (κ1) is 19.0. The molecule has 26 heavy (non-hydrogen) atoms. The van der Waals surface area contributed by atoms with Crippen molar-refractivity contribution in [3.8, 4) is 5.69 Å². The first-order valence-electron chi connectivity index (χ1n) is 8.52. The highest BCUT2D eigenvalue weighted by Gasteiger charge is 2.21. The first-order valence-corrected chi connectivity index (χ1v) is 9.88. The number of thioether (sulfide) groups is 1. The highest BCUT2D eigenvalue weighted by molar-refractivity contribution is 7.98. The van der Waals surface area contributed by atoms with E-state index in [1.165, 1.54) is 11.1 Å². The Morgan fingerprint density at radius 1 is 1.08 bits per heavy atom. The minimum absolute atomic E-state index is 0.144. The molecule has 0 saturated carbocycles. The highest BCUT2D eigenvalue weighted by Crippen LogP contribution is 2.29. The molecule has 1 unspecified atom stereocenters. The largest absolute Gasteiger partial charge is 0.300 e. The molecule has 1 heterocycles. The van der Waals surface area contributed by atoms with Gasteiger partial charge in [0.2, 0.25) is 0 Å². The molecule has 2 aromatic carbocycles. The van der Waals surface area contributed by atoms with E-state index in [-0.39, 0.29) is 6.04 Å². The van der Waals surface area contributed by atoms with Crippen molar-refractivity contribution in [2.24, 2.45) is 0 Å². The predicted molar refractivity (Wildman–Crippen MR) is 109 cm³/mol. The fourth-order valence-corrected chi connectivity index (χ4v) is 3.78. The number of nitrogens with zero attached hydrogens (tertiary/aromatic N) is 4. The van der Waals surface area contributed by atoms with Gasteiger partial charge >= 0.3 is 0 Å². The van der Waals surface area contributed by atoms with E-state index in [1.54, 1.807) is 11.8 Å². The van der Waals surface area contributed by atoms with Gasteiger partial charge in [-0.05, 0) is 63.3 Å². The van der Waals surface area contributed by atoms with Crippen molar-refractivity contribution in [1.29, 1.82) is 0 Å². The van der Waals surface area contributed by atoms with Crippen molar-refractivity contribution in [3.05, 3.63) is 70.5 Å². The maximum absolute atomic E-state index is 6.07. The van der Waals surface area contributed by atoms with Gasteiger partial charge in [-0.1, -0.05) is 47.6 Å². The average Bonchev–Trinajstić information content (AvgIpc) is 3.04. The minimum atomic E-state index is 0.144. The Hall–Kier alpha value is -1.82. The van der Waals surface area contributed by atoms with Crippen LogP contribution in [-0.4, -0.2) is 33.8 Å². The lowest BCUT2D eigenvalue weighted by Crippen LogP contribution is -2.20. The van der Waals surface area contributed by atoms with Gasteiger partial charge in [-0.15, -0.1) is 10.2 Å². The summed E-state index contributed by atoms with van der Waals surface area (Å²) in [5, 5.41) is 10.6. The third-order valence-electron chi connectivity index (χ3n) is 4.51. The summed E-state index contributed by atoms with van der Waals surface area (Å²) < 4.78 is 2.13. The average molecular weight is 387 g/mol. The maximum Gasteiger partial charge on any atom is 0.196 e. The molecule has 3 rings (SSSR count). The second kappa shape index (κ2) is 8.25. The molecule has 0 N–H and O–H groups in total. The summed E-state index contributed by atoms with van der Waals surface area (Å²) >= 11 is 7.77. The molecule has 4 nitrogen and oxygen atoms in total. The third-order valence-corrected chi connectivity index (χ3v) is 5.74. The quantitative estimate of drug-likeness (QED) is 0.549. The van der Waals surface area contributed by atoms with Crippen LogP contribution in [0.2, 0.25) is 5.02 Å². The standard InChI is InChI=1S/C20H23ClN4S/c1-14-7-5-6-8-16(14)13-26-20-23-22-19(15(2)24(3)4)25(20)18-11-9-17(21)10-12-18/h5-12,15H,13H2,1-4H3. The van der Waals surface area contributed by atoms with Crippen molar-refractivity contribution in [1.82, 2.24) is 19.7 Å². The zero-order chi connectivity index (χ0) is 18.7. The van der Waals surface area contributed by atoms with Gasteiger partial charge in [0.25, 0.3) is 0 Å². The molecule has 0 aliphatic rings. The molecular weight excluding hydrogens is 364 g/mol. The molecule has 136 valence electrons. The van der Waals surface area contributed by atoms with Crippen LogP contribution in [0.1, 0.15) is 29.9 Å². The van der Waals surface area contributed by atoms with E-state index in [0.717, 1.165) is 27.4 Å². The second-order valence-electron chi connectivity index (χ2n) is 6.51. The second-order valence-corrected chi connectivity index (χ2v) is 7.89. The van der Waals surface area contributed by atoms with Gasteiger partial charge in [-0.25, -0.2) is 0 Å². The fraction of sp³-hybridized carbons (Fsp3) is 0.300. The Kier molecular flexibility index (Phi) is 6.01. The van der Waals surface area contributed by atoms with Crippen LogP contribution in [0.4, 0.5) is 0 Å². The topological polar surface area (TPSA) is 34.0 Å². The fourth-order valence-electron chi connectivity index (χ4n) is 2.62. The van der Waals surface area contributed by atoms with Gasteiger partial charge in [0.05, 0.1) is 6.04 Å². The Balaban J connectivity index is 1.97. The lowest BCUT2D eigenvalue weighted by Gasteiger charge is -2.20. The zero-order valence-corrected chi connectivity index (χ0v) is 17.1. The van der Waals surface area contributed by atoms with Crippen LogP contribution in [-0.2, 0) is 5.75 Å². The summed E-state index contributed by atoms with van der Waals surface area (Å²) in [6, 6.07) is 16.4. The van der Waals surface area contributed by atoms with Crippen LogP contribution in [0.25, 0.3) is 5.69 Å². The molecule has 0 aliphatic heterocycles. The Morgan fingerprint density at radius 3 is 2.42 bits per heavy atom. The molecule has 0 amide bonds. The monoisotopic (exact) mass is 386 g/mol. The van der Waals surface area contributed by atoms with Crippen LogP contribution in [0.15, 0.2) is 53.7 Å². The molecular formula is C20H23ClN4S. The summed E-state index contributed by atoms with van der Waals surface area (Å²) in [6.45, 7) is 4.27. The smallest absolute Gasteiger partial charge is 0.196 e. The summed E-state index contributed by atoms with van der Waals surface area (Å²) in [7, 11) is 4.09. The van der Waals surface area contributed by atoms with Crippen LogP contribution in [0.5, 0.6) is 0 Å². The molecule has 0 fully saturated rings. The van der Waals surface area contributed by atoms with Crippen LogP contribution in [0.3, 0.4) is 0 Å². The lowest BCUT2D eigenvalue weighted by atomic mass is 10.1. The molecule has 0 spiro atoms. The van der Waals surface area contributed by atoms with Gasteiger partial charge in [-0.3, -0.25) is 9.47 Å². The van der Waals surface area contributed by atoms with E-state index < -0.39 is 0 Å². The van der Waals surface area contributed by atoms with E-state index in [9.17, 15) is 0 Å². The number of aromatic nitrogens is 3. The molecule has 0 bridgehead atoms. The van der Waals surface area contributed by atoms with E-state index >= 15 is 0 Å². The van der Waals surface area contributed by atoms with E-state index in [0.29, 0.717) is 0 Å². The SMILES string of the molecule is Cc1ccccc1CSc1nnc(C(C)N(C)C)n1-c1ccc(Cl)cc1. The van der Waals surface area contributed by atoms with Crippen molar-refractivity contribution in [2.45, 2.75) is 30.8 Å². The molecule has 0 saturated heterocycles. The Bertz CT molecular complexity index is 874. The molecule has 3 aromatic rings. The zero-order valence-electron chi connectivity index (χ0n) is 15.5. The van der Waals surface area contributed by atoms with Gasteiger partial charge in [-0.2, -0.15) is 0 Å². The Labute approximate surface area is 164 Å². The van der Waals surface area contributed by atoms with E-state index in [4.69, 9.17) is 11.6 Å². The van der Waals surface area contributed by atoms with E-state index in [2.05, 4.69) is 57.8 Å². The summed E-state index contributed by atoms with van der Waals surface area (Å²) in [5.41, 5.74) is 3.63. The molecule has 6 heteroatoms. The number of rotatable bonds is 6. The summed E-state index contributed by atoms with van der Waals surface area (Å²) in [6.07, 6.45) is 0. The van der Waals surface area contributed by atoms with Crippen molar-refractivity contribution < 1.29 is 0 Å². The molecule has 1 aromatic heterocycles. The third kappa shape index (κ3) is 4.11. The van der Waals surface area contributed by atoms with Gasteiger partial charge in [0, 0.05) is 16.5 Å². The highest BCUT2D eigenvalue weighted by atomic mass is 35.5. The minimum Gasteiger partial charge on any atom is -0.300 e. The number of hydrogen-bond donors (Lipinski definition) is 0. The van der Waals surface area contributed by atoms with E-state index in [1.807, 2.05) is 38.4 Å². The van der Waals surface area contributed by atoms with Gasteiger partial charge in [0.15, 0.2) is 11.0 Å².